The average Bonchev–Trinajstić information content (AvgIpc) is 2.44. The van der Waals surface area contributed by atoms with E-state index >= 15 is 0 Å². The fourth-order valence-electron chi connectivity index (χ4n) is 1.44. The van der Waals surface area contributed by atoms with Gasteiger partial charge < -0.3 is 10.2 Å². The smallest absolute Gasteiger partial charge is 0.225 e. The summed E-state index contributed by atoms with van der Waals surface area (Å²) in [6.45, 7) is 3.99. The molecule has 1 saturated heterocycles. The molecule has 2 aliphatic heterocycles. The van der Waals surface area contributed by atoms with Gasteiger partial charge in [0.2, 0.25) is 5.96 Å². The molecule has 2 heterocycles. The minimum atomic E-state index is 0.201. The third kappa shape index (κ3) is 2.42. The number of nitrogens with zero attached hydrogens (tertiary/aromatic N) is 3. The number of alkyl halides is 1. The third-order valence-electron chi connectivity index (χ3n) is 2.19. The molecule has 1 fully saturated rings. The summed E-state index contributed by atoms with van der Waals surface area (Å²) in [5.41, 5.74) is 0. The fourth-order valence-corrected chi connectivity index (χ4v) is 1.70. The molecule has 0 aromatic rings. The molecule has 0 amide bonds. The number of rotatable bonds is 0. The van der Waals surface area contributed by atoms with Crippen molar-refractivity contribution in [3.8, 4) is 0 Å². The number of guanidine groups is 1. The number of halogens is 1. The van der Waals surface area contributed by atoms with Crippen LogP contribution in [0.5, 0.6) is 0 Å². The zero-order valence-electron chi connectivity index (χ0n) is 7.86. The van der Waals surface area contributed by atoms with E-state index in [9.17, 15) is 0 Å². The van der Waals surface area contributed by atoms with E-state index in [0.717, 1.165) is 32.1 Å². The fraction of sp³-hybridized carbons (Fsp3) is 0.556. The first-order valence-electron chi connectivity index (χ1n) is 4.74. The molecular formula is C9H13BrN4. The molecule has 2 rings (SSSR count). The highest BCUT2D eigenvalue weighted by molar-refractivity contribution is 9.10. The zero-order chi connectivity index (χ0) is 9.80. The molecule has 1 N–H and O–H groups in total. The second-order valence-corrected chi connectivity index (χ2v) is 4.29. The van der Waals surface area contributed by atoms with Gasteiger partial charge in [0, 0.05) is 38.6 Å². The van der Waals surface area contributed by atoms with Gasteiger partial charge in [-0.2, -0.15) is 0 Å². The maximum atomic E-state index is 4.34. The summed E-state index contributed by atoms with van der Waals surface area (Å²) in [6.07, 6.45) is 5.65. The standard InChI is InChI=1S/C9H13BrN4/c10-8-1-2-12-9(13-7-8)14-5-3-11-4-6-14/h1-2,7-8,11H,3-6H2. The van der Waals surface area contributed by atoms with Crippen molar-refractivity contribution in [1.29, 1.82) is 0 Å². The molecule has 0 aliphatic carbocycles. The van der Waals surface area contributed by atoms with Gasteiger partial charge in [0.25, 0.3) is 0 Å². The molecule has 14 heavy (non-hydrogen) atoms. The first-order valence-corrected chi connectivity index (χ1v) is 5.66. The Morgan fingerprint density at radius 1 is 1.43 bits per heavy atom. The Hall–Kier alpha value is -0.680. The highest BCUT2D eigenvalue weighted by atomic mass is 79.9. The maximum Gasteiger partial charge on any atom is 0.225 e. The molecule has 0 bridgehead atoms. The normalized spacial score (nSPS) is 27.4. The van der Waals surface area contributed by atoms with E-state index in [0.29, 0.717) is 0 Å². The Morgan fingerprint density at radius 3 is 3.00 bits per heavy atom. The van der Waals surface area contributed by atoms with Crippen LogP contribution in [0.4, 0.5) is 0 Å². The van der Waals surface area contributed by atoms with Crippen LogP contribution in [-0.4, -0.2) is 48.1 Å². The summed E-state index contributed by atoms with van der Waals surface area (Å²) in [6, 6.07) is 0. The number of allylic oxidation sites excluding steroid dienone is 1. The third-order valence-corrected chi connectivity index (χ3v) is 2.73. The molecule has 4 nitrogen and oxygen atoms in total. The summed E-state index contributed by atoms with van der Waals surface area (Å²) in [7, 11) is 0. The minimum absolute atomic E-state index is 0.201. The lowest BCUT2D eigenvalue weighted by Gasteiger charge is -2.27. The summed E-state index contributed by atoms with van der Waals surface area (Å²) in [5.74, 6) is 0.824. The van der Waals surface area contributed by atoms with Gasteiger partial charge >= 0.3 is 0 Å². The van der Waals surface area contributed by atoms with Gasteiger partial charge in [-0.05, 0) is 6.08 Å². The molecule has 0 saturated carbocycles. The van der Waals surface area contributed by atoms with Crippen LogP contribution in [-0.2, 0) is 0 Å². The van der Waals surface area contributed by atoms with Crippen LogP contribution in [0.15, 0.2) is 22.3 Å². The number of hydrogen-bond acceptors (Lipinski definition) is 4. The maximum absolute atomic E-state index is 4.34. The predicted molar refractivity (Wildman–Crippen MR) is 62.2 cm³/mol. The van der Waals surface area contributed by atoms with Crippen molar-refractivity contribution in [1.82, 2.24) is 10.2 Å². The van der Waals surface area contributed by atoms with E-state index in [-0.39, 0.29) is 4.83 Å². The number of piperazine rings is 1. The summed E-state index contributed by atoms with van der Waals surface area (Å²) in [5, 5.41) is 3.30. The molecule has 0 radical (unpaired) electrons. The van der Waals surface area contributed by atoms with Gasteiger partial charge in [0.05, 0.1) is 4.83 Å². The molecule has 5 heteroatoms. The predicted octanol–water partition coefficient (Wildman–Crippen LogP) is 0.609. The molecular weight excluding hydrogens is 244 g/mol. The monoisotopic (exact) mass is 256 g/mol. The Morgan fingerprint density at radius 2 is 2.21 bits per heavy atom. The van der Waals surface area contributed by atoms with Gasteiger partial charge in [-0.25, -0.2) is 9.98 Å². The summed E-state index contributed by atoms with van der Waals surface area (Å²) in [4.78, 5) is 11.0. The molecule has 0 aromatic heterocycles. The van der Waals surface area contributed by atoms with Crippen LogP contribution in [0.2, 0.25) is 0 Å². The van der Waals surface area contributed by atoms with Crippen LogP contribution >= 0.6 is 15.9 Å². The van der Waals surface area contributed by atoms with Crippen LogP contribution in [0, 0.1) is 0 Å². The van der Waals surface area contributed by atoms with Crippen molar-refractivity contribution in [2.75, 3.05) is 26.2 Å². The van der Waals surface area contributed by atoms with Crippen molar-refractivity contribution < 1.29 is 0 Å². The zero-order valence-corrected chi connectivity index (χ0v) is 9.44. The highest BCUT2D eigenvalue weighted by Gasteiger charge is 2.13. The van der Waals surface area contributed by atoms with Crippen molar-refractivity contribution in [2.45, 2.75) is 4.83 Å². The van der Waals surface area contributed by atoms with E-state index < -0.39 is 0 Å². The van der Waals surface area contributed by atoms with Crippen molar-refractivity contribution in [3.05, 3.63) is 12.3 Å². The Balaban J connectivity index is 2.06. The minimum Gasteiger partial charge on any atom is -0.338 e. The Kier molecular flexibility index (Phi) is 3.31. The van der Waals surface area contributed by atoms with E-state index in [2.05, 4.69) is 36.1 Å². The van der Waals surface area contributed by atoms with Crippen LogP contribution in [0.3, 0.4) is 0 Å². The lowest BCUT2D eigenvalue weighted by molar-refractivity contribution is 0.354. The Labute approximate surface area is 91.9 Å². The highest BCUT2D eigenvalue weighted by Crippen LogP contribution is 2.05. The largest absolute Gasteiger partial charge is 0.338 e. The van der Waals surface area contributed by atoms with Crippen molar-refractivity contribution in [3.63, 3.8) is 0 Å². The van der Waals surface area contributed by atoms with Crippen molar-refractivity contribution >= 4 is 28.1 Å². The van der Waals surface area contributed by atoms with Crippen LogP contribution in [0.25, 0.3) is 0 Å². The quantitative estimate of drug-likeness (QED) is 0.646. The van der Waals surface area contributed by atoms with E-state index in [4.69, 9.17) is 0 Å². The Bertz CT molecular complexity index is 279. The van der Waals surface area contributed by atoms with E-state index in [1.807, 2.05) is 18.5 Å². The first kappa shape index (κ1) is 9.86. The van der Waals surface area contributed by atoms with Gasteiger partial charge in [0.1, 0.15) is 0 Å². The van der Waals surface area contributed by atoms with Crippen molar-refractivity contribution in [2.24, 2.45) is 9.98 Å². The van der Waals surface area contributed by atoms with Crippen LogP contribution < -0.4 is 5.32 Å². The van der Waals surface area contributed by atoms with Gasteiger partial charge in [-0.15, -0.1) is 0 Å². The number of nitrogens with one attached hydrogen (secondary N) is 1. The second kappa shape index (κ2) is 4.70. The molecule has 0 spiro atoms. The van der Waals surface area contributed by atoms with Crippen LogP contribution in [0.1, 0.15) is 0 Å². The number of aliphatic imine (C=N–C) groups is 2. The molecule has 1 unspecified atom stereocenters. The first-order chi connectivity index (χ1) is 6.86. The molecule has 2 aliphatic rings. The van der Waals surface area contributed by atoms with Gasteiger partial charge in [-0.1, -0.05) is 15.9 Å². The van der Waals surface area contributed by atoms with E-state index in [1.54, 1.807) is 0 Å². The lowest BCUT2D eigenvalue weighted by atomic mass is 10.4. The molecule has 1 atom stereocenters. The average molecular weight is 257 g/mol. The van der Waals surface area contributed by atoms with Gasteiger partial charge in [0.15, 0.2) is 0 Å². The summed E-state index contributed by atoms with van der Waals surface area (Å²) < 4.78 is 0. The second-order valence-electron chi connectivity index (χ2n) is 3.23. The SMILES string of the molecule is BrC1C=CN=C(N2CCNCC2)N=C1. The van der Waals surface area contributed by atoms with Gasteiger partial charge in [-0.3, -0.25) is 0 Å². The molecule has 0 aromatic carbocycles. The van der Waals surface area contributed by atoms with E-state index in [1.165, 1.54) is 0 Å². The summed E-state index contributed by atoms with van der Waals surface area (Å²) >= 11 is 3.45. The number of hydrogen-bond donors (Lipinski definition) is 1. The lowest BCUT2D eigenvalue weighted by Crippen LogP contribution is -2.45. The molecule has 76 valence electrons. The topological polar surface area (TPSA) is 40.0 Å².